The fraction of sp³-hybridized carbons (Fsp3) is 0.273. The van der Waals surface area contributed by atoms with Crippen LogP contribution in [0.3, 0.4) is 0 Å². The molecule has 4 heteroatoms. The molecule has 2 aromatic heterocycles. The molecule has 0 aliphatic heterocycles. The Kier molecular flexibility index (Phi) is 3.75. The molecule has 2 rings (SSSR count). The van der Waals surface area contributed by atoms with Gasteiger partial charge in [-0.2, -0.15) is 0 Å². The molecule has 1 atom stereocenters. The molecule has 0 fully saturated rings. The van der Waals surface area contributed by atoms with Crippen molar-refractivity contribution in [1.82, 2.24) is 0 Å². The van der Waals surface area contributed by atoms with Crippen LogP contribution in [-0.4, -0.2) is 0 Å². The molecule has 0 spiro atoms. The fourth-order valence-electron chi connectivity index (χ4n) is 1.52. The van der Waals surface area contributed by atoms with E-state index in [-0.39, 0.29) is 5.38 Å². The lowest BCUT2D eigenvalue weighted by Crippen LogP contribution is -1.90. The number of halogens is 2. The van der Waals surface area contributed by atoms with Crippen LogP contribution in [0.2, 0.25) is 0 Å². The summed E-state index contributed by atoms with van der Waals surface area (Å²) in [5.41, 5.74) is 1.31. The monoisotopic (exact) mass is 368 g/mol. The minimum atomic E-state index is 0.0237. The van der Waals surface area contributed by atoms with Crippen LogP contribution in [0.1, 0.15) is 25.6 Å². The van der Waals surface area contributed by atoms with E-state index >= 15 is 0 Å². The molecular formula is C11H10ClIS2. The third-order valence-corrected chi connectivity index (χ3v) is 6.39. The van der Waals surface area contributed by atoms with Gasteiger partial charge in [-0.15, -0.1) is 34.3 Å². The zero-order valence-electron chi connectivity index (χ0n) is 8.38. The Labute approximate surface area is 116 Å². The molecular weight excluding hydrogens is 359 g/mol. The molecule has 15 heavy (non-hydrogen) atoms. The first-order valence-electron chi connectivity index (χ1n) is 4.53. The van der Waals surface area contributed by atoms with Crippen molar-refractivity contribution in [3.63, 3.8) is 0 Å². The smallest absolute Gasteiger partial charge is 0.103 e. The molecule has 0 aliphatic carbocycles. The Bertz CT molecular complexity index is 473. The second-order valence-corrected chi connectivity index (χ2v) is 7.23. The lowest BCUT2D eigenvalue weighted by molar-refractivity contribution is 1.19. The molecule has 0 bridgehead atoms. The highest BCUT2D eigenvalue weighted by Gasteiger charge is 2.19. The van der Waals surface area contributed by atoms with Crippen molar-refractivity contribution in [3.05, 3.63) is 41.3 Å². The molecule has 0 radical (unpaired) electrons. The molecule has 80 valence electrons. The average Bonchev–Trinajstić information content (AvgIpc) is 2.71. The van der Waals surface area contributed by atoms with Crippen molar-refractivity contribution in [2.24, 2.45) is 0 Å². The van der Waals surface area contributed by atoms with Gasteiger partial charge < -0.3 is 0 Å². The number of rotatable bonds is 2. The maximum atomic E-state index is 6.51. The van der Waals surface area contributed by atoms with E-state index in [1.165, 1.54) is 23.8 Å². The van der Waals surface area contributed by atoms with Crippen LogP contribution in [0, 0.1) is 17.4 Å². The summed E-state index contributed by atoms with van der Waals surface area (Å²) in [5, 5.41) is 2.12. The normalized spacial score (nSPS) is 13.1. The minimum Gasteiger partial charge on any atom is -0.146 e. The van der Waals surface area contributed by atoms with Gasteiger partial charge in [-0.05, 0) is 59.5 Å². The Morgan fingerprint density at radius 2 is 2.07 bits per heavy atom. The molecule has 0 saturated carbocycles. The van der Waals surface area contributed by atoms with Crippen molar-refractivity contribution in [2.75, 3.05) is 0 Å². The summed E-state index contributed by atoms with van der Waals surface area (Å²) in [6.07, 6.45) is 0. The van der Waals surface area contributed by atoms with Crippen LogP contribution in [0.25, 0.3) is 0 Å². The van der Waals surface area contributed by atoms with Crippen LogP contribution in [-0.2, 0) is 0 Å². The molecule has 0 nitrogen and oxygen atoms in total. The van der Waals surface area contributed by atoms with Crippen molar-refractivity contribution >= 4 is 56.9 Å². The number of hydrogen-bond acceptors (Lipinski definition) is 2. The Balaban J connectivity index is 2.40. The zero-order chi connectivity index (χ0) is 11.0. The summed E-state index contributed by atoms with van der Waals surface area (Å²) >= 11 is 12.4. The molecule has 0 aliphatic rings. The largest absolute Gasteiger partial charge is 0.146 e. The summed E-state index contributed by atoms with van der Waals surface area (Å²) in [6.45, 7) is 4.26. The van der Waals surface area contributed by atoms with Gasteiger partial charge in [0, 0.05) is 18.2 Å². The van der Waals surface area contributed by atoms with Crippen molar-refractivity contribution < 1.29 is 0 Å². The maximum absolute atomic E-state index is 6.51. The molecule has 2 aromatic rings. The molecule has 0 N–H and O–H groups in total. The summed E-state index contributed by atoms with van der Waals surface area (Å²) in [6, 6.07) is 4.32. The van der Waals surface area contributed by atoms with Crippen LogP contribution in [0.5, 0.6) is 0 Å². The molecule has 1 unspecified atom stereocenters. The van der Waals surface area contributed by atoms with Gasteiger partial charge in [0.25, 0.3) is 0 Å². The summed E-state index contributed by atoms with van der Waals surface area (Å²) < 4.78 is 1.27. The van der Waals surface area contributed by atoms with Gasteiger partial charge in [0.15, 0.2) is 0 Å². The van der Waals surface area contributed by atoms with Crippen molar-refractivity contribution in [1.29, 1.82) is 0 Å². The Morgan fingerprint density at radius 1 is 1.33 bits per heavy atom. The highest BCUT2D eigenvalue weighted by atomic mass is 127. The van der Waals surface area contributed by atoms with Crippen molar-refractivity contribution in [2.45, 2.75) is 19.2 Å². The first kappa shape index (κ1) is 11.9. The van der Waals surface area contributed by atoms with Gasteiger partial charge in [0.2, 0.25) is 0 Å². The number of aryl methyl sites for hydroxylation is 2. The third-order valence-electron chi connectivity index (χ3n) is 2.18. The Hall–Kier alpha value is 0.420. The highest BCUT2D eigenvalue weighted by Crippen LogP contribution is 2.40. The van der Waals surface area contributed by atoms with Gasteiger partial charge >= 0.3 is 0 Å². The zero-order valence-corrected chi connectivity index (χ0v) is 12.9. The van der Waals surface area contributed by atoms with E-state index in [0.717, 1.165) is 0 Å². The van der Waals surface area contributed by atoms with Gasteiger partial charge in [0.1, 0.15) is 5.38 Å². The van der Waals surface area contributed by atoms with E-state index in [1.54, 1.807) is 22.7 Å². The van der Waals surface area contributed by atoms with Gasteiger partial charge in [0.05, 0.1) is 0 Å². The van der Waals surface area contributed by atoms with E-state index in [2.05, 4.69) is 54.0 Å². The molecule has 0 saturated heterocycles. The van der Waals surface area contributed by atoms with E-state index in [9.17, 15) is 0 Å². The first-order valence-corrected chi connectivity index (χ1v) is 7.74. The van der Waals surface area contributed by atoms with E-state index in [4.69, 9.17) is 11.6 Å². The maximum Gasteiger partial charge on any atom is 0.103 e. The molecule has 0 amide bonds. The molecule has 2 heterocycles. The van der Waals surface area contributed by atoms with Gasteiger partial charge in [-0.25, -0.2) is 0 Å². The predicted octanol–water partition coefficient (Wildman–Crippen LogP) is 5.36. The molecule has 0 aromatic carbocycles. The second-order valence-electron chi connectivity index (χ2n) is 3.40. The Morgan fingerprint density at radius 3 is 2.53 bits per heavy atom. The van der Waals surface area contributed by atoms with Crippen LogP contribution in [0.4, 0.5) is 0 Å². The predicted molar refractivity (Wildman–Crippen MR) is 78.5 cm³/mol. The van der Waals surface area contributed by atoms with Crippen molar-refractivity contribution in [3.8, 4) is 0 Å². The highest BCUT2D eigenvalue weighted by molar-refractivity contribution is 14.1. The second kappa shape index (κ2) is 4.73. The summed E-state index contributed by atoms with van der Waals surface area (Å²) in [4.78, 5) is 3.89. The van der Waals surface area contributed by atoms with Gasteiger partial charge in [-0.1, -0.05) is 0 Å². The third kappa shape index (κ3) is 2.40. The first-order chi connectivity index (χ1) is 7.09. The van der Waals surface area contributed by atoms with Crippen LogP contribution < -0.4 is 0 Å². The topological polar surface area (TPSA) is 0 Å². The van der Waals surface area contributed by atoms with Crippen LogP contribution in [0.15, 0.2) is 17.5 Å². The quantitative estimate of drug-likeness (QED) is 0.494. The van der Waals surface area contributed by atoms with Gasteiger partial charge in [-0.3, -0.25) is 0 Å². The van der Waals surface area contributed by atoms with E-state index in [1.807, 2.05) is 0 Å². The number of thiophene rings is 2. The van der Waals surface area contributed by atoms with E-state index in [0.29, 0.717) is 0 Å². The number of alkyl halides is 1. The summed E-state index contributed by atoms with van der Waals surface area (Å²) in [7, 11) is 0. The lowest BCUT2D eigenvalue weighted by Gasteiger charge is -2.07. The minimum absolute atomic E-state index is 0.0237. The SMILES string of the molecule is Cc1cc(C)c(C(Cl)c2sccc2I)s1. The lowest BCUT2D eigenvalue weighted by atomic mass is 10.2. The van der Waals surface area contributed by atoms with Crippen LogP contribution >= 0.6 is 56.9 Å². The standard InChI is InChI=1S/C11H10ClIS2/c1-6-5-7(2)15-10(6)9(12)11-8(13)3-4-14-11/h3-5,9H,1-2H3. The van der Waals surface area contributed by atoms with E-state index < -0.39 is 0 Å². The average molecular weight is 369 g/mol. The summed E-state index contributed by atoms with van der Waals surface area (Å²) in [5.74, 6) is 0. The fourth-order valence-corrected chi connectivity index (χ4v) is 5.26. The number of hydrogen-bond donors (Lipinski definition) is 0.